The van der Waals surface area contributed by atoms with Gasteiger partial charge in [0.05, 0.1) is 0 Å². The molecule has 68 valence electrons. The maximum atomic E-state index is 5.70. The highest BCUT2D eigenvalue weighted by molar-refractivity contribution is 4.63. The largest absolute Gasteiger partial charge is 0.327 e. The molecular formula is C9H22N2. The fourth-order valence-corrected chi connectivity index (χ4v) is 1.26. The average Bonchev–Trinajstić information content (AvgIpc) is 1.84. The monoisotopic (exact) mass is 158 g/mol. The van der Waals surface area contributed by atoms with E-state index in [9.17, 15) is 0 Å². The van der Waals surface area contributed by atoms with Crippen LogP contribution in [0.15, 0.2) is 0 Å². The molecule has 0 aliphatic rings. The highest BCUT2D eigenvalue weighted by atomic mass is 15.1. The molecular weight excluding hydrogens is 136 g/mol. The van der Waals surface area contributed by atoms with Crippen LogP contribution in [0.3, 0.4) is 0 Å². The molecule has 0 aliphatic heterocycles. The van der Waals surface area contributed by atoms with Crippen LogP contribution >= 0.6 is 0 Å². The van der Waals surface area contributed by atoms with Crippen LogP contribution in [0.2, 0.25) is 0 Å². The van der Waals surface area contributed by atoms with Crippen molar-refractivity contribution in [3.8, 4) is 0 Å². The second kappa shape index (κ2) is 5.56. The summed E-state index contributed by atoms with van der Waals surface area (Å²) in [4.78, 5) is 2.40. The predicted molar refractivity (Wildman–Crippen MR) is 50.6 cm³/mol. The molecule has 2 N–H and O–H groups in total. The Morgan fingerprint density at radius 2 is 1.73 bits per heavy atom. The predicted octanol–water partition coefficient (Wildman–Crippen LogP) is 1.31. The van der Waals surface area contributed by atoms with Gasteiger partial charge in [0, 0.05) is 19.1 Å². The summed E-state index contributed by atoms with van der Waals surface area (Å²) in [5.74, 6) is 0.744. The second-order valence-corrected chi connectivity index (χ2v) is 3.72. The summed E-state index contributed by atoms with van der Waals surface area (Å²) in [5, 5.41) is 0. The standard InChI is InChI=1S/C9H22N2/c1-5-11(6-8(2)3)7-9(4)10/h8-9H,5-7,10H2,1-4H3/t9-/m1/s1. The van der Waals surface area contributed by atoms with E-state index in [1.54, 1.807) is 0 Å². The number of hydrogen-bond acceptors (Lipinski definition) is 2. The third-order valence-corrected chi connectivity index (χ3v) is 1.62. The Hall–Kier alpha value is -0.0800. The van der Waals surface area contributed by atoms with Crippen LogP contribution in [0.5, 0.6) is 0 Å². The van der Waals surface area contributed by atoms with Crippen LogP contribution < -0.4 is 5.73 Å². The van der Waals surface area contributed by atoms with E-state index in [-0.39, 0.29) is 0 Å². The first-order valence-electron chi connectivity index (χ1n) is 4.54. The number of nitrogens with zero attached hydrogens (tertiary/aromatic N) is 1. The van der Waals surface area contributed by atoms with Crippen molar-refractivity contribution in [2.75, 3.05) is 19.6 Å². The number of hydrogen-bond donors (Lipinski definition) is 1. The van der Waals surface area contributed by atoms with Crippen molar-refractivity contribution < 1.29 is 0 Å². The molecule has 0 fully saturated rings. The van der Waals surface area contributed by atoms with Crippen molar-refractivity contribution in [3.05, 3.63) is 0 Å². The molecule has 0 aromatic rings. The van der Waals surface area contributed by atoms with E-state index in [1.807, 2.05) is 0 Å². The molecule has 11 heavy (non-hydrogen) atoms. The number of likely N-dealkylation sites (N-methyl/N-ethyl adjacent to an activating group) is 1. The molecule has 0 rings (SSSR count). The van der Waals surface area contributed by atoms with E-state index in [1.165, 1.54) is 0 Å². The molecule has 0 amide bonds. The molecule has 0 aliphatic carbocycles. The van der Waals surface area contributed by atoms with Gasteiger partial charge in [-0.05, 0) is 19.4 Å². The summed E-state index contributed by atoms with van der Waals surface area (Å²) in [5.41, 5.74) is 5.70. The SMILES string of the molecule is CCN(CC(C)C)C[C@@H](C)N. The molecule has 0 aromatic carbocycles. The Balaban J connectivity index is 3.58. The molecule has 0 radical (unpaired) electrons. The molecule has 0 unspecified atom stereocenters. The minimum Gasteiger partial charge on any atom is -0.327 e. The third-order valence-electron chi connectivity index (χ3n) is 1.62. The van der Waals surface area contributed by atoms with Gasteiger partial charge in [-0.25, -0.2) is 0 Å². The fraction of sp³-hybridized carbons (Fsp3) is 1.00. The molecule has 2 heteroatoms. The van der Waals surface area contributed by atoms with E-state index in [4.69, 9.17) is 5.73 Å². The highest BCUT2D eigenvalue weighted by Crippen LogP contribution is 1.98. The van der Waals surface area contributed by atoms with Crippen molar-refractivity contribution in [2.24, 2.45) is 11.7 Å². The van der Waals surface area contributed by atoms with Crippen molar-refractivity contribution in [1.29, 1.82) is 0 Å². The molecule has 0 heterocycles. The Bertz CT molecular complexity index is 79.6. The average molecular weight is 158 g/mol. The van der Waals surface area contributed by atoms with Gasteiger partial charge in [0.25, 0.3) is 0 Å². The van der Waals surface area contributed by atoms with Crippen molar-refractivity contribution in [3.63, 3.8) is 0 Å². The first-order valence-corrected chi connectivity index (χ1v) is 4.54. The Morgan fingerprint density at radius 1 is 1.18 bits per heavy atom. The van der Waals surface area contributed by atoms with Gasteiger partial charge in [-0.1, -0.05) is 20.8 Å². The lowest BCUT2D eigenvalue weighted by Crippen LogP contribution is -2.37. The van der Waals surface area contributed by atoms with Crippen molar-refractivity contribution >= 4 is 0 Å². The number of rotatable bonds is 5. The van der Waals surface area contributed by atoms with Gasteiger partial charge in [-0.2, -0.15) is 0 Å². The first-order chi connectivity index (χ1) is 5.06. The maximum Gasteiger partial charge on any atom is 0.0139 e. The Labute approximate surface area is 70.8 Å². The topological polar surface area (TPSA) is 29.3 Å². The second-order valence-electron chi connectivity index (χ2n) is 3.72. The lowest BCUT2D eigenvalue weighted by atomic mass is 10.2. The van der Waals surface area contributed by atoms with Crippen LogP contribution in [-0.2, 0) is 0 Å². The molecule has 1 atom stereocenters. The van der Waals surface area contributed by atoms with Crippen LogP contribution in [0.1, 0.15) is 27.7 Å². The summed E-state index contributed by atoms with van der Waals surface area (Å²) >= 11 is 0. The lowest BCUT2D eigenvalue weighted by Gasteiger charge is -2.24. The van der Waals surface area contributed by atoms with E-state index < -0.39 is 0 Å². The third kappa shape index (κ3) is 6.32. The van der Waals surface area contributed by atoms with E-state index in [2.05, 4.69) is 32.6 Å². The quantitative estimate of drug-likeness (QED) is 0.653. The molecule has 0 aromatic heterocycles. The Morgan fingerprint density at radius 3 is 2.00 bits per heavy atom. The van der Waals surface area contributed by atoms with E-state index >= 15 is 0 Å². The van der Waals surface area contributed by atoms with Crippen molar-refractivity contribution in [1.82, 2.24) is 4.90 Å². The molecule has 2 nitrogen and oxygen atoms in total. The van der Waals surface area contributed by atoms with Gasteiger partial charge in [-0.15, -0.1) is 0 Å². The zero-order valence-electron chi connectivity index (χ0n) is 8.30. The van der Waals surface area contributed by atoms with Crippen LogP contribution in [0.25, 0.3) is 0 Å². The zero-order valence-corrected chi connectivity index (χ0v) is 8.30. The van der Waals surface area contributed by atoms with Crippen LogP contribution in [0, 0.1) is 5.92 Å². The van der Waals surface area contributed by atoms with E-state index in [0.29, 0.717) is 6.04 Å². The van der Waals surface area contributed by atoms with Crippen LogP contribution in [-0.4, -0.2) is 30.6 Å². The fourth-order valence-electron chi connectivity index (χ4n) is 1.26. The zero-order chi connectivity index (χ0) is 8.85. The normalized spacial score (nSPS) is 14.5. The van der Waals surface area contributed by atoms with Gasteiger partial charge in [-0.3, -0.25) is 0 Å². The van der Waals surface area contributed by atoms with E-state index in [0.717, 1.165) is 25.6 Å². The van der Waals surface area contributed by atoms with Gasteiger partial charge in [0.15, 0.2) is 0 Å². The lowest BCUT2D eigenvalue weighted by molar-refractivity contribution is 0.245. The summed E-state index contributed by atoms with van der Waals surface area (Å²) in [6, 6.07) is 0.300. The summed E-state index contributed by atoms with van der Waals surface area (Å²) in [7, 11) is 0. The first kappa shape index (κ1) is 10.9. The maximum absolute atomic E-state index is 5.70. The van der Waals surface area contributed by atoms with Gasteiger partial charge < -0.3 is 10.6 Å². The smallest absolute Gasteiger partial charge is 0.0139 e. The summed E-state index contributed by atoms with van der Waals surface area (Å²) in [6.45, 7) is 12.0. The molecule has 0 saturated heterocycles. The molecule has 0 bridgehead atoms. The summed E-state index contributed by atoms with van der Waals surface area (Å²) in [6.07, 6.45) is 0. The molecule has 0 saturated carbocycles. The van der Waals surface area contributed by atoms with Crippen LogP contribution in [0.4, 0.5) is 0 Å². The van der Waals surface area contributed by atoms with Gasteiger partial charge >= 0.3 is 0 Å². The van der Waals surface area contributed by atoms with Gasteiger partial charge in [0.1, 0.15) is 0 Å². The summed E-state index contributed by atoms with van der Waals surface area (Å²) < 4.78 is 0. The van der Waals surface area contributed by atoms with Gasteiger partial charge in [0.2, 0.25) is 0 Å². The van der Waals surface area contributed by atoms with Crippen molar-refractivity contribution in [2.45, 2.75) is 33.7 Å². The Kier molecular flexibility index (Phi) is 5.51. The highest BCUT2D eigenvalue weighted by Gasteiger charge is 2.06. The minimum absolute atomic E-state index is 0.300. The number of nitrogens with two attached hydrogens (primary N) is 1. The minimum atomic E-state index is 0.300. The molecule has 0 spiro atoms.